The molecule has 0 aromatic heterocycles. The maximum atomic E-state index is 12.7. The van der Waals surface area contributed by atoms with E-state index in [-0.39, 0.29) is 12.5 Å². The van der Waals surface area contributed by atoms with Crippen molar-refractivity contribution >= 4 is 33.2 Å². The molecule has 1 fully saturated rings. The molecule has 0 N–H and O–H groups in total. The number of likely N-dealkylation sites (tertiary alicyclic amines) is 1. The van der Waals surface area contributed by atoms with Crippen LogP contribution in [0.2, 0.25) is 5.02 Å². The zero-order valence-corrected chi connectivity index (χ0v) is 17.5. The largest absolute Gasteiger partial charge is 0.339 e. The van der Waals surface area contributed by atoms with Crippen LogP contribution >= 0.6 is 11.6 Å². The summed E-state index contributed by atoms with van der Waals surface area (Å²) in [6.45, 7) is 1.78. The first-order chi connectivity index (χ1) is 13.3. The second kappa shape index (κ2) is 8.97. The lowest BCUT2D eigenvalue weighted by molar-refractivity contribution is 0.0761. The molecule has 0 unspecified atom stereocenters. The summed E-state index contributed by atoms with van der Waals surface area (Å²) < 4.78 is 25.9. The quantitative estimate of drug-likeness (QED) is 0.723. The summed E-state index contributed by atoms with van der Waals surface area (Å²) in [4.78, 5) is 14.6. The first kappa shape index (κ1) is 20.7. The maximum absolute atomic E-state index is 12.7. The van der Waals surface area contributed by atoms with Crippen molar-refractivity contribution in [1.29, 1.82) is 0 Å². The van der Waals surface area contributed by atoms with Gasteiger partial charge in [-0.15, -0.1) is 0 Å². The highest BCUT2D eigenvalue weighted by Crippen LogP contribution is 2.24. The predicted molar refractivity (Wildman–Crippen MR) is 113 cm³/mol. The van der Waals surface area contributed by atoms with Crippen LogP contribution in [-0.2, 0) is 16.6 Å². The second-order valence-electron chi connectivity index (χ2n) is 7.15. The number of anilines is 1. The van der Waals surface area contributed by atoms with Crippen molar-refractivity contribution < 1.29 is 13.2 Å². The Labute approximate surface area is 172 Å². The third-order valence-corrected chi connectivity index (χ3v) is 6.29. The number of halogens is 1. The van der Waals surface area contributed by atoms with Gasteiger partial charge in [0.25, 0.3) is 5.91 Å². The third kappa shape index (κ3) is 5.26. The molecule has 1 amide bonds. The number of carbonyl (C=O) groups is 1. The topological polar surface area (TPSA) is 57.7 Å². The zero-order chi connectivity index (χ0) is 20.1. The Hall–Kier alpha value is -2.05. The van der Waals surface area contributed by atoms with Gasteiger partial charge in [-0.05, 0) is 48.7 Å². The summed E-state index contributed by atoms with van der Waals surface area (Å²) in [5, 5.41) is 0.476. The highest BCUT2D eigenvalue weighted by Gasteiger charge is 2.20. The van der Waals surface area contributed by atoms with Crippen molar-refractivity contribution in [3.05, 3.63) is 64.7 Å². The van der Waals surface area contributed by atoms with Crippen molar-refractivity contribution in [2.24, 2.45) is 0 Å². The van der Waals surface area contributed by atoms with Crippen LogP contribution in [0.3, 0.4) is 0 Å². The van der Waals surface area contributed by atoms with Crippen LogP contribution in [0.15, 0.2) is 48.5 Å². The number of sulfonamides is 1. The molecule has 2 aromatic carbocycles. The van der Waals surface area contributed by atoms with Gasteiger partial charge in [-0.2, -0.15) is 0 Å². The molecular formula is C21H25ClN2O3S. The Bertz CT molecular complexity index is 921. The molecule has 1 heterocycles. The number of amides is 1. The molecular weight excluding hydrogens is 396 g/mol. The van der Waals surface area contributed by atoms with Crippen molar-refractivity contribution in [2.45, 2.75) is 32.2 Å². The van der Waals surface area contributed by atoms with Gasteiger partial charge in [0.05, 0.1) is 18.5 Å². The summed E-state index contributed by atoms with van der Waals surface area (Å²) in [5.41, 5.74) is 1.96. The molecule has 0 radical (unpaired) electrons. The third-order valence-electron chi connectivity index (χ3n) is 4.92. The number of hydrogen-bond donors (Lipinski definition) is 0. The fourth-order valence-corrected chi connectivity index (χ4v) is 4.47. The van der Waals surface area contributed by atoms with Gasteiger partial charge in [0, 0.05) is 23.7 Å². The first-order valence-electron chi connectivity index (χ1n) is 9.46. The highest BCUT2D eigenvalue weighted by molar-refractivity contribution is 7.92. The second-order valence-corrected chi connectivity index (χ2v) is 9.50. The summed E-state index contributed by atoms with van der Waals surface area (Å²) in [5.74, 6) is 0.0447. The van der Waals surface area contributed by atoms with Gasteiger partial charge < -0.3 is 4.90 Å². The van der Waals surface area contributed by atoms with Gasteiger partial charge in [-0.1, -0.05) is 42.6 Å². The monoisotopic (exact) mass is 420 g/mol. The van der Waals surface area contributed by atoms with E-state index in [4.69, 9.17) is 11.6 Å². The molecule has 0 bridgehead atoms. The molecule has 7 heteroatoms. The lowest BCUT2D eigenvalue weighted by atomic mass is 10.1. The van der Waals surface area contributed by atoms with E-state index in [1.165, 1.54) is 23.4 Å². The van der Waals surface area contributed by atoms with Crippen molar-refractivity contribution in [3.63, 3.8) is 0 Å². The zero-order valence-electron chi connectivity index (χ0n) is 16.0. The lowest BCUT2D eigenvalue weighted by Crippen LogP contribution is -2.32. The van der Waals surface area contributed by atoms with E-state index >= 15 is 0 Å². The number of rotatable bonds is 5. The number of hydrogen-bond acceptors (Lipinski definition) is 3. The van der Waals surface area contributed by atoms with Crippen LogP contribution in [0, 0.1) is 0 Å². The van der Waals surface area contributed by atoms with Gasteiger partial charge in [-0.3, -0.25) is 9.10 Å². The number of benzene rings is 2. The normalized spacial score (nSPS) is 15.1. The van der Waals surface area contributed by atoms with Crippen LogP contribution in [-0.4, -0.2) is 38.6 Å². The average molecular weight is 421 g/mol. The van der Waals surface area contributed by atoms with Crippen LogP contribution in [0.5, 0.6) is 0 Å². The SMILES string of the molecule is CS(=O)(=O)N(Cc1ccc(C(=O)N2CCCCCC2)cc1)c1cccc(Cl)c1. The van der Waals surface area contributed by atoms with Gasteiger partial charge in [0.1, 0.15) is 0 Å². The summed E-state index contributed by atoms with van der Waals surface area (Å²) >= 11 is 6.02. The molecule has 1 aliphatic heterocycles. The molecule has 0 saturated carbocycles. The van der Waals surface area contributed by atoms with Crippen LogP contribution < -0.4 is 4.31 Å². The molecule has 1 aliphatic rings. The minimum Gasteiger partial charge on any atom is -0.339 e. The van der Waals surface area contributed by atoms with Crippen LogP contribution in [0.25, 0.3) is 0 Å². The Morgan fingerprint density at radius 1 is 1.04 bits per heavy atom. The van der Waals surface area contributed by atoms with E-state index < -0.39 is 10.0 Å². The molecule has 3 rings (SSSR count). The predicted octanol–water partition coefficient (Wildman–Crippen LogP) is 4.32. The Morgan fingerprint density at radius 2 is 1.68 bits per heavy atom. The van der Waals surface area contributed by atoms with Gasteiger partial charge in [0.15, 0.2) is 0 Å². The molecule has 0 atom stereocenters. The minimum atomic E-state index is -3.48. The average Bonchev–Trinajstić information content (AvgIpc) is 2.94. The summed E-state index contributed by atoms with van der Waals surface area (Å²) in [6, 6.07) is 13.9. The fourth-order valence-electron chi connectivity index (χ4n) is 3.41. The van der Waals surface area contributed by atoms with Gasteiger partial charge in [-0.25, -0.2) is 8.42 Å². The standard InChI is InChI=1S/C21H25ClN2O3S/c1-28(26,27)24(20-8-6-7-19(22)15-20)16-17-9-11-18(12-10-17)21(25)23-13-4-2-3-5-14-23/h6-12,15H,2-5,13-14,16H2,1H3. The lowest BCUT2D eigenvalue weighted by Gasteiger charge is -2.23. The fraction of sp³-hybridized carbons (Fsp3) is 0.381. The Kier molecular flexibility index (Phi) is 6.62. The maximum Gasteiger partial charge on any atom is 0.253 e. The molecule has 5 nitrogen and oxygen atoms in total. The van der Waals surface area contributed by atoms with Gasteiger partial charge in [0.2, 0.25) is 10.0 Å². The summed E-state index contributed by atoms with van der Waals surface area (Å²) in [6.07, 6.45) is 5.62. The molecule has 0 spiro atoms. The Balaban J connectivity index is 1.77. The molecule has 150 valence electrons. The van der Waals surface area contributed by atoms with Crippen molar-refractivity contribution in [2.75, 3.05) is 23.7 Å². The minimum absolute atomic E-state index is 0.0447. The first-order valence-corrected chi connectivity index (χ1v) is 11.7. The molecule has 0 aliphatic carbocycles. The molecule has 28 heavy (non-hydrogen) atoms. The van der Waals surface area contributed by atoms with Crippen molar-refractivity contribution in [1.82, 2.24) is 4.90 Å². The smallest absolute Gasteiger partial charge is 0.253 e. The van der Waals surface area contributed by atoms with E-state index in [1.807, 2.05) is 17.0 Å². The molecule has 2 aromatic rings. The van der Waals surface area contributed by atoms with E-state index in [0.717, 1.165) is 31.5 Å². The Morgan fingerprint density at radius 3 is 2.25 bits per heavy atom. The van der Waals surface area contributed by atoms with Crippen molar-refractivity contribution in [3.8, 4) is 0 Å². The number of carbonyl (C=O) groups excluding carboxylic acids is 1. The van der Waals surface area contributed by atoms with E-state index in [2.05, 4.69) is 0 Å². The van der Waals surface area contributed by atoms with E-state index in [1.54, 1.807) is 36.4 Å². The van der Waals surface area contributed by atoms with Crippen LogP contribution in [0.4, 0.5) is 5.69 Å². The van der Waals surface area contributed by atoms with E-state index in [9.17, 15) is 13.2 Å². The van der Waals surface area contributed by atoms with Gasteiger partial charge >= 0.3 is 0 Å². The van der Waals surface area contributed by atoms with E-state index in [0.29, 0.717) is 16.3 Å². The highest BCUT2D eigenvalue weighted by atomic mass is 35.5. The van der Waals surface area contributed by atoms with Crippen LogP contribution in [0.1, 0.15) is 41.6 Å². The number of nitrogens with zero attached hydrogens (tertiary/aromatic N) is 2. The summed E-state index contributed by atoms with van der Waals surface area (Å²) in [7, 11) is -3.48. The molecule has 1 saturated heterocycles.